The third kappa shape index (κ3) is 3.83. The molecule has 0 aliphatic heterocycles. The summed E-state index contributed by atoms with van der Waals surface area (Å²) < 4.78 is 0.0511. The van der Waals surface area contributed by atoms with Gasteiger partial charge >= 0.3 is 0 Å². The van der Waals surface area contributed by atoms with Crippen LogP contribution in [0.25, 0.3) is 22.4 Å². The minimum atomic E-state index is -0.515. The van der Waals surface area contributed by atoms with Gasteiger partial charge in [0.1, 0.15) is 5.56 Å². The van der Waals surface area contributed by atoms with Crippen molar-refractivity contribution in [3.8, 4) is 28.3 Å². The summed E-state index contributed by atoms with van der Waals surface area (Å²) >= 11 is 6.14. The van der Waals surface area contributed by atoms with E-state index in [9.17, 15) is 9.90 Å². The van der Waals surface area contributed by atoms with Gasteiger partial charge < -0.3 is 10.1 Å². The first-order valence-electron chi connectivity index (χ1n) is 8.31. The first-order valence-corrected chi connectivity index (χ1v) is 9.60. The van der Waals surface area contributed by atoms with Crippen LogP contribution in [-0.4, -0.2) is 26.3 Å². The van der Waals surface area contributed by atoms with E-state index < -0.39 is 5.56 Å². The largest absolute Gasteiger partial charge is 0.494 e. The van der Waals surface area contributed by atoms with Gasteiger partial charge in [0.25, 0.3) is 5.56 Å². The van der Waals surface area contributed by atoms with Crippen molar-refractivity contribution < 1.29 is 5.11 Å². The maximum atomic E-state index is 11.8. The van der Waals surface area contributed by atoms with Crippen molar-refractivity contribution in [2.24, 2.45) is 4.99 Å². The van der Waals surface area contributed by atoms with Crippen LogP contribution in [0.3, 0.4) is 0 Å². The van der Waals surface area contributed by atoms with E-state index >= 15 is 0 Å². The number of nitrogens with one attached hydrogen (secondary N) is 2. The second-order valence-electron chi connectivity index (χ2n) is 5.89. The Morgan fingerprint density at radius 1 is 1.00 bits per heavy atom. The summed E-state index contributed by atoms with van der Waals surface area (Å²) in [6.45, 7) is 0. The molecule has 28 heavy (non-hydrogen) atoms. The lowest BCUT2D eigenvalue weighted by atomic mass is 10.0. The van der Waals surface area contributed by atoms with Gasteiger partial charge in [-0.1, -0.05) is 54.6 Å². The number of aromatic amines is 2. The Labute approximate surface area is 168 Å². The van der Waals surface area contributed by atoms with Crippen molar-refractivity contribution in [2.75, 3.05) is 0 Å². The topological polar surface area (TPSA) is 94.1 Å². The fraction of sp³-hybridized carbons (Fsp3) is 0. The second kappa shape index (κ2) is 7.71. The first kappa shape index (κ1) is 18.0. The van der Waals surface area contributed by atoms with Gasteiger partial charge in [-0.3, -0.25) is 9.78 Å². The van der Waals surface area contributed by atoms with E-state index in [1.165, 1.54) is 17.6 Å². The smallest absolute Gasteiger partial charge is 0.264 e. The van der Waals surface area contributed by atoms with Crippen LogP contribution in [0.5, 0.6) is 5.88 Å². The van der Waals surface area contributed by atoms with E-state index in [4.69, 9.17) is 12.2 Å². The molecule has 2 aromatic carbocycles. The molecule has 0 atom stereocenters. The highest BCUT2D eigenvalue weighted by molar-refractivity contribution is 7.71. The van der Waals surface area contributed by atoms with Gasteiger partial charge in [-0.2, -0.15) is 0 Å². The lowest BCUT2D eigenvalue weighted by Gasteiger charge is -2.02. The molecule has 3 N–H and O–H groups in total. The fourth-order valence-electron chi connectivity index (χ4n) is 2.64. The van der Waals surface area contributed by atoms with Gasteiger partial charge in [0, 0.05) is 17.2 Å². The second-order valence-corrected chi connectivity index (χ2v) is 7.13. The summed E-state index contributed by atoms with van der Waals surface area (Å²) in [5.41, 5.74) is 3.54. The Morgan fingerprint density at radius 3 is 2.39 bits per heavy atom. The molecular weight excluding hydrogens is 392 g/mol. The van der Waals surface area contributed by atoms with Gasteiger partial charge in [0.05, 0.1) is 5.69 Å². The molecule has 2 aromatic heterocycles. The molecule has 0 spiro atoms. The monoisotopic (exact) mass is 406 g/mol. The zero-order valence-corrected chi connectivity index (χ0v) is 16.1. The number of aliphatic imine (C=N–C) groups is 1. The SMILES string of the molecule is O=c1[nH]c(=S)[nH]c(O)c1C=Nc1nc(-c2ccc(-c3ccccc3)cc2)cs1. The van der Waals surface area contributed by atoms with Crippen molar-refractivity contribution in [3.05, 3.63) is 80.7 Å². The Kier molecular flexibility index (Phi) is 4.96. The molecule has 8 heteroatoms. The van der Waals surface area contributed by atoms with Crippen molar-refractivity contribution in [1.82, 2.24) is 15.0 Å². The van der Waals surface area contributed by atoms with Crippen molar-refractivity contribution in [3.63, 3.8) is 0 Å². The normalized spacial score (nSPS) is 11.1. The van der Waals surface area contributed by atoms with Crippen LogP contribution in [0.2, 0.25) is 0 Å². The molecule has 0 bridgehead atoms. The molecule has 0 unspecified atom stereocenters. The summed E-state index contributed by atoms with van der Waals surface area (Å²) in [4.78, 5) is 25.4. The van der Waals surface area contributed by atoms with Gasteiger partial charge in [0.15, 0.2) is 4.77 Å². The van der Waals surface area contributed by atoms with E-state index in [0.717, 1.165) is 22.4 Å². The van der Waals surface area contributed by atoms with Crippen LogP contribution >= 0.6 is 23.6 Å². The number of rotatable bonds is 4. The molecule has 4 aromatic rings. The third-order valence-electron chi connectivity index (χ3n) is 4.04. The molecule has 0 saturated heterocycles. The molecule has 0 saturated carbocycles. The minimum Gasteiger partial charge on any atom is -0.494 e. The minimum absolute atomic E-state index is 0.00226. The Balaban J connectivity index is 1.57. The number of H-pyrrole nitrogens is 2. The zero-order valence-electron chi connectivity index (χ0n) is 14.4. The zero-order chi connectivity index (χ0) is 19.5. The fourth-order valence-corrected chi connectivity index (χ4v) is 3.50. The van der Waals surface area contributed by atoms with Crippen LogP contribution in [-0.2, 0) is 0 Å². The van der Waals surface area contributed by atoms with E-state index in [0.29, 0.717) is 5.13 Å². The maximum absolute atomic E-state index is 11.8. The van der Waals surface area contributed by atoms with Crippen LogP contribution in [0.4, 0.5) is 5.13 Å². The number of benzene rings is 2. The van der Waals surface area contributed by atoms with E-state index in [-0.39, 0.29) is 16.2 Å². The van der Waals surface area contributed by atoms with E-state index in [2.05, 4.69) is 44.2 Å². The van der Waals surface area contributed by atoms with Crippen molar-refractivity contribution in [2.45, 2.75) is 0 Å². The molecule has 6 nitrogen and oxygen atoms in total. The Hall–Kier alpha value is -3.36. The van der Waals surface area contributed by atoms with Crippen LogP contribution in [0.15, 0.2) is 69.8 Å². The number of hydrogen-bond acceptors (Lipinski definition) is 6. The molecule has 138 valence electrons. The average Bonchev–Trinajstić information content (AvgIpc) is 3.17. The number of aromatic nitrogens is 3. The van der Waals surface area contributed by atoms with Crippen molar-refractivity contribution >= 4 is 34.9 Å². The summed E-state index contributed by atoms with van der Waals surface area (Å²) in [7, 11) is 0. The molecule has 0 fully saturated rings. The van der Waals surface area contributed by atoms with Crippen molar-refractivity contribution in [1.29, 1.82) is 0 Å². The third-order valence-corrected chi connectivity index (χ3v) is 5.00. The predicted molar refractivity (Wildman–Crippen MR) is 114 cm³/mol. The van der Waals surface area contributed by atoms with Gasteiger partial charge in [-0.15, -0.1) is 11.3 Å². The quantitative estimate of drug-likeness (QED) is 0.339. The standard InChI is InChI=1S/C20H14N4O2S2/c25-17-15(18(26)24-19(27)23-17)10-21-20-22-16(11-28-20)14-8-6-13(7-9-14)12-4-2-1-3-5-12/h1-11H,(H3,23,24,25,26,27). The van der Waals surface area contributed by atoms with E-state index in [1.807, 2.05) is 35.7 Å². The lowest BCUT2D eigenvalue weighted by Crippen LogP contribution is -2.13. The Bertz CT molecular complexity index is 1260. The average molecular weight is 406 g/mol. The number of aromatic hydroxyl groups is 1. The maximum Gasteiger partial charge on any atom is 0.264 e. The molecule has 2 heterocycles. The highest BCUT2D eigenvalue weighted by atomic mass is 32.1. The first-order chi connectivity index (χ1) is 13.6. The number of hydrogen-bond donors (Lipinski definition) is 3. The van der Waals surface area contributed by atoms with Crippen LogP contribution < -0.4 is 5.56 Å². The molecule has 0 amide bonds. The summed E-state index contributed by atoms with van der Waals surface area (Å²) in [5.74, 6) is -0.328. The summed E-state index contributed by atoms with van der Waals surface area (Å²) in [6.07, 6.45) is 1.26. The highest BCUT2D eigenvalue weighted by Gasteiger charge is 2.07. The van der Waals surface area contributed by atoms with Gasteiger partial charge in [-0.25, -0.2) is 9.98 Å². The van der Waals surface area contributed by atoms with Crippen LogP contribution in [0.1, 0.15) is 5.56 Å². The summed E-state index contributed by atoms with van der Waals surface area (Å²) in [6, 6.07) is 18.3. The molecule has 0 aliphatic carbocycles. The molecular formula is C20H14N4O2S2. The summed E-state index contributed by atoms with van der Waals surface area (Å²) in [5, 5.41) is 12.2. The van der Waals surface area contributed by atoms with Gasteiger partial charge in [0.2, 0.25) is 11.0 Å². The van der Waals surface area contributed by atoms with Gasteiger partial charge in [-0.05, 0) is 23.3 Å². The Morgan fingerprint density at radius 2 is 1.68 bits per heavy atom. The lowest BCUT2D eigenvalue weighted by molar-refractivity contribution is 0.449. The molecule has 0 radical (unpaired) electrons. The van der Waals surface area contributed by atoms with Crippen LogP contribution in [0, 0.1) is 4.77 Å². The van der Waals surface area contributed by atoms with E-state index in [1.54, 1.807) is 0 Å². The molecule has 4 rings (SSSR count). The highest BCUT2D eigenvalue weighted by Crippen LogP contribution is 2.28. The predicted octanol–water partition coefficient (Wildman–Crippen LogP) is 4.68. The number of nitrogens with zero attached hydrogens (tertiary/aromatic N) is 2. The number of thiazole rings is 1. The molecule has 0 aliphatic rings.